The molecule has 1 fully saturated rings. The predicted octanol–water partition coefficient (Wildman–Crippen LogP) is 3.57. The maximum atomic E-state index is 11.8. The van der Waals surface area contributed by atoms with Crippen molar-refractivity contribution in [2.75, 3.05) is 13.6 Å². The Balaban J connectivity index is 2.22. The number of nitrogens with zero attached hydrogens (tertiary/aromatic N) is 1. The highest BCUT2D eigenvalue weighted by Crippen LogP contribution is 2.27. The molecule has 0 spiro atoms. The standard InChI is InChI=1S/C16H31NO3/c1-16(2,3)20-15(19)17(4)11-10-14(18)12-13-8-6-5-7-9-13/h13-14,18H,5-12H2,1-4H3. The Hall–Kier alpha value is -0.770. The molecule has 0 aromatic heterocycles. The topological polar surface area (TPSA) is 49.8 Å². The number of amides is 1. The highest BCUT2D eigenvalue weighted by Gasteiger charge is 2.21. The van der Waals surface area contributed by atoms with Gasteiger partial charge in [-0.15, -0.1) is 0 Å². The van der Waals surface area contributed by atoms with E-state index in [0.717, 1.165) is 6.42 Å². The van der Waals surface area contributed by atoms with Crippen LogP contribution in [0.3, 0.4) is 0 Å². The number of aliphatic hydroxyl groups excluding tert-OH is 1. The van der Waals surface area contributed by atoms with Crippen molar-refractivity contribution < 1.29 is 14.6 Å². The molecule has 1 unspecified atom stereocenters. The Morgan fingerprint density at radius 1 is 1.30 bits per heavy atom. The van der Waals surface area contributed by atoms with Gasteiger partial charge in [-0.25, -0.2) is 4.79 Å². The second-order valence-corrected chi connectivity index (χ2v) is 7.08. The van der Waals surface area contributed by atoms with Crippen molar-refractivity contribution in [2.24, 2.45) is 5.92 Å². The van der Waals surface area contributed by atoms with Gasteiger partial charge < -0.3 is 14.7 Å². The fraction of sp³-hybridized carbons (Fsp3) is 0.938. The Labute approximate surface area is 123 Å². The summed E-state index contributed by atoms with van der Waals surface area (Å²) in [4.78, 5) is 13.3. The summed E-state index contributed by atoms with van der Waals surface area (Å²) in [5, 5.41) is 10.1. The van der Waals surface area contributed by atoms with E-state index in [4.69, 9.17) is 4.74 Å². The minimum atomic E-state index is -0.466. The van der Waals surface area contributed by atoms with Crippen molar-refractivity contribution in [2.45, 2.75) is 77.4 Å². The number of carbonyl (C=O) groups excluding carboxylic acids is 1. The maximum absolute atomic E-state index is 11.8. The highest BCUT2D eigenvalue weighted by molar-refractivity contribution is 5.67. The highest BCUT2D eigenvalue weighted by atomic mass is 16.6. The smallest absolute Gasteiger partial charge is 0.410 e. The van der Waals surface area contributed by atoms with Crippen molar-refractivity contribution in [3.05, 3.63) is 0 Å². The molecule has 0 radical (unpaired) electrons. The monoisotopic (exact) mass is 285 g/mol. The summed E-state index contributed by atoms with van der Waals surface area (Å²) in [6, 6.07) is 0. The number of carbonyl (C=O) groups is 1. The number of ether oxygens (including phenoxy) is 1. The molecule has 4 nitrogen and oxygen atoms in total. The third-order valence-corrected chi connectivity index (χ3v) is 3.83. The molecule has 1 atom stereocenters. The first-order chi connectivity index (χ1) is 9.28. The second-order valence-electron chi connectivity index (χ2n) is 7.08. The third kappa shape index (κ3) is 7.13. The van der Waals surface area contributed by atoms with Gasteiger partial charge in [0.25, 0.3) is 0 Å². The fourth-order valence-electron chi connectivity index (χ4n) is 2.70. The third-order valence-electron chi connectivity index (χ3n) is 3.83. The lowest BCUT2D eigenvalue weighted by atomic mass is 9.85. The van der Waals surface area contributed by atoms with Gasteiger partial charge in [0, 0.05) is 13.6 Å². The van der Waals surface area contributed by atoms with Crippen LogP contribution in [-0.4, -0.2) is 41.4 Å². The molecule has 1 amide bonds. The summed E-state index contributed by atoms with van der Waals surface area (Å²) in [6.07, 6.45) is 7.33. The van der Waals surface area contributed by atoms with Crippen LogP contribution in [0.2, 0.25) is 0 Å². The lowest BCUT2D eigenvalue weighted by molar-refractivity contribution is 0.0265. The number of hydrogen-bond acceptors (Lipinski definition) is 3. The SMILES string of the molecule is CN(CCC(O)CC1CCCCC1)C(=O)OC(C)(C)C. The van der Waals surface area contributed by atoms with Crippen LogP contribution in [-0.2, 0) is 4.74 Å². The largest absolute Gasteiger partial charge is 0.444 e. The normalized spacial score (nSPS) is 18.6. The van der Waals surface area contributed by atoms with Gasteiger partial charge in [0.15, 0.2) is 0 Å². The van der Waals surface area contributed by atoms with Crippen molar-refractivity contribution >= 4 is 6.09 Å². The Morgan fingerprint density at radius 2 is 1.90 bits per heavy atom. The number of hydrogen-bond donors (Lipinski definition) is 1. The molecule has 1 aliphatic rings. The molecule has 0 bridgehead atoms. The summed E-state index contributed by atoms with van der Waals surface area (Å²) in [7, 11) is 1.72. The predicted molar refractivity (Wildman–Crippen MR) is 80.7 cm³/mol. The molecule has 1 saturated carbocycles. The van der Waals surface area contributed by atoms with Gasteiger partial charge in [-0.3, -0.25) is 0 Å². The summed E-state index contributed by atoms with van der Waals surface area (Å²) in [5.74, 6) is 0.672. The molecule has 20 heavy (non-hydrogen) atoms. The fourth-order valence-corrected chi connectivity index (χ4v) is 2.70. The first-order valence-corrected chi connectivity index (χ1v) is 7.90. The van der Waals surface area contributed by atoms with E-state index in [9.17, 15) is 9.90 Å². The number of rotatable bonds is 5. The van der Waals surface area contributed by atoms with Crippen LogP contribution < -0.4 is 0 Å². The molecule has 0 aromatic carbocycles. The Kier molecular flexibility index (Phi) is 6.80. The Bertz CT molecular complexity index is 293. The minimum Gasteiger partial charge on any atom is -0.444 e. The summed E-state index contributed by atoms with van der Waals surface area (Å²) >= 11 is 0. The van der Waals surface area contributed by atoms with Gasteiger partial charge in [-0.2, -0.15) is 0 Å². The molecular formula is C16H31NO3. The van der Waals surface area contributed by atoms with E-state index in [1.165, 1.54) is 32.1 Å². The zero-order valence-electron chi connectivity index (χ0n) is 13.5. The number of aliphatic hydroxyl groups is 1. The lowest BCUT2D eigenvalue weighted by Crippen LogP contribution is -2.35. The molecule has 118 valence electrons. The first-order valence-electron chi connectivity index (χ1n) is 7.90. The average Bonchev–Trinajstić information content (AvgIpc) is 2.35. The first kappa shape index (κ1) is 17.3. The zero-order chi connectivity index (χ0) is 15.2. The van der Waals surface area contributed by atoms with Crippen molar-refractivity contribution in [1.29, 1.82) is 0 Å². The van der Waals surface area contributed by atoms with E-state index >= 15 is 0 Å². The van der Waals surface area contributed by atoms with Crippen LogP contribution in [0.5, 0.6) is 0 Å². The molecule has 1 aliphatic carbocycles. The minimum absolute atomic E-state index is 0.303. The van der Waals surface area contributed by atoms with E-state index in [1.807, 2.05) is 20.8 Å². The van der Waals surface area contributed by atoms with Gasteiger partial charge in [0.1, 0.15) is 5.60 Å². The zero-order valence-corrected chi connectivity index (χ0v) is 13.5. The van der Waals surface area contributed by atoms with Gasteiger partial charge >= 0.3 is 6.09 Å². The van der Waals surface area contributed by atoms with Gasteiger partial charge in [0.2, 0.25) is 0 Å². The quantitative estimate of drug-likeness (QED) is 0.840. The van der Waals surface area contributed by atoms with E-state index in [2.05, 4.69) is 0 Å². The molecule has 0 saturated heterocycles. The maximum Gasteiger partial charge on any atom is 0.410 e. The van der Waals surface area contributed by atoms with Gasteiger partial charge in [-0.05, 0) is 39.5 Å². The molecular weight excluding hydrogens is 254 g/mol. The molecule has 4 heteroatoms. The molecule has 1 N–H and O–H groups in total. The van der Waals surface area contributed by atoms with E-state index in [1.54, 1.807) is 11.9 Å². The lowest BCUT2D eigenvalue weighted by Gasteiger charge is -2.27. The van der Waals surface area contributed by atoms with Crippen LogP contribution in [0.1, 0.15) is 65.7 Å². The second kappa shape index (κ2) is 7.87. The molecule has 1 rings (SSSR count). The summed E-state index contributed by atoms with van der Waals surface area (Å²) in [5.41, 5.74) is -0.466. The Morgan fingerprint density at radius 3 is 2.45 bits per heavy atom. The summed E-state index contributed by atoms with van der Waals surface area (Å²) < 4.78 is 5.29. The van der Waals surface area contributed by atoms with E-state index in [-0.39, 0.29) is 12.2 Å². The van der Waals surface area contributed by atoms with Crippen molar-refractivity contribution in [3.63, 3.8) is 0 Å². The molecule has 0 heterocycles. The van der Waals surface area contributed by atoms with Crippen molar-refractivity contribution in [3.8, 4) is 0 Å². The van der Waals surface area contributed by atoms with Crippen molar-refractivity contribution in [1.82, 2.24) is 4.90 Å². The van der Waals surface area contributed by atoms with Crippen LogP contribution in [0, 0.1) is 5.92 Å². The van der Waals surface area contributed by atoms with Crippen LogP contribution >= 0.6 is 0 Å². The van der Waals surface area contributed by atoms with Crippen LogP contribution in [0.15, 0.2) is 0 Å². The summed E-state index contributed by atoms with van der Waals surface area (Å²) in [6.45, 7) is 6.12. The average molecular weight is 285 g/mol. The van der Waals surface area contributed by atoms with Crippen LogP contribution in [0.25, 0.3) is 0 Å². The van der Waals surface area contributed by atoms with E-state index < -0.39 is 5.60 Å². The molecule has 0 aliphatic heterocycles. The molecule has 0 aromatic rings. The van der Waals surface area contributed by atoms with Gasteiger partial charge in [-0.1, -0.05) is 32.1 Å². The van der Waals surface area contributed by atoms with Gasteiger partial charge in [0.05, 0.1) is 6.10 Å². The van der Waals surface area contributed by atoms with Crippen LogP contribution in [0.4, 0.5) is 4.79 Å². The van der Waals surface area contributed by atoms with E-state index in [0.29, 0.717) is 18.9 Å².